The van der Waals surface area contributed by atoms with Crippen LogP contribution >= 0.6 is 11.8 Å². The number of benzene rings is 1. The Labute approximate surface area is 149 Å². The minimum atomic E-state index is -4.86. The number of alkyl halides is 3. The summed E-state index contributed by atoms with van der Waals surface area (Å²) in [5.41, 5.74) is -1.32. The summed E-state index contributed by atoms with van der Waals surface area (Å²) in [6.07, 6.45) is -4.97. The molecule has 1 aliphatic rings. The summed E-state index contributed by atoms with van der Waals surface area (Å²) < 4.78 is 52.9. The standard InChI is InChI=1S/C16H13F4N3O2S/c1-8-4-14(25)23-10(7-26-15(23)21-8)6-13(24)22-9-2-3-12(17)11(5-9)16(18,19)20/h2-5,10H,6-7H2,1H3,(H,22,24)/t10-/m0/s1. The number of rotatable bonds is 3. The Balaban J connectivity index is 1.75. The maximum absolute atomic E-state index is 13.3. The topological polar surface area (TPSA) is 64.0 Å². The van der Waals surface area contributed by atoms with Crippen LogP contribution in [0.25, 0.3) is 0 Å². The number of nitrogens with zero attached hydrogens (tertiary/aromatic N) is 2. The molecule has 2 heterocycles. The summed E-state index contributed by atoms with van der Waals surface area (Å²) >= 11 is 1.33. The van der Waals surface area contributed by atoms with Gasteiger partial charge in [-0.2, -0.15) is 13.2 Å². The van der Waals surface area contributed by atoms with Gasteiger partial charge < -0.3 is 5.32 Å². The van der Waals surface area contributed by atoms with Gasteiger partial charge in [-0.3, -0.25) is 14.2 Å². The summed E-state index contributed by atoms with van der Waals surface area (Å²) in [5, 5.41) is 2.83. The molecular formula is C16H13F4N3O2S. The van der Waals surface area contributed by atoms with Gasteiger partial charge in [0.2, 0.25) is 5.91 Å². The maximum Gasteiger partial charge on any atom is 0.419 e. The highest BCUT2D eigenvalue weighted by atomic mass is 32.2. The number of hydrogen-bond acceptors (Lipinski definition) is 4. The number of hydrogen-bond donors (Lipinski definition) is 1. The summed E-state index contributed by atoms with van der Waals surface area (Å²) in [6.45, 7) is 1.69. The molecule has 0 radical (unpaired) electrons. The molecule has 1 N–H and O–H groups in total. The van der Waals surface area contributed by atoms with Crippen molar-refractivity contribution < 1.29 is 22.4 Å². The van der Waals surface area contributed by atoms with Crippen LogP contribution in [-0.2, 0) is 11.0 Å². The lowest BCUT2D eigenvalue weighted by Crippen LogP contribution is -2.27. The first-order chi connectivity index (χ1) is 12.1. The van der Waals surface area contributed by atoms with Gasteiger partial charge in [0.05, 0.1) is 11.6 Å². The number of aryl methyl sites for hydroxylation is 1. The molecule has 2 aromatic rings. The molecule has 1 aromatic carbocycles. The van der Waals surface area contributed by atoms with Gasteiger partial charge in [-0.05, 0) is 25.1 Å². The molecule has 0 saturated heterocycles. The minimum Gasteiger partial charge on any atom is -0.326 e. The van der Waals surface area contributed by atoms with Crippen LogP contribution in [0, 0.1) is 12.7 Å². The van der Waals surface area contributed by atoms with Gasteiger partial charge >= 0.3 is 6.18 Å². The smallest absolute Gasteiger partial charge is 0.326 e. The zero-order valence-corrected chi connectivity index (χ0v) is 14.2. The SMILES string of the molecule is Cc1cc(=O)n2c(n1)SC[C@@H]2CC(=O)Nc1ccc(F)c(C(F)(F)F)c1. The molecule has 0 spiro atoms. The van der Waals surface area contributed by atoms with Gasteiger partial charge in [-0.25, -0.2) is 9.37 Å². The van der Waals surface area contributed by atoms with Crippen LogP contribution in [0.4, 0.5) is 23.2 Å². The van der Waals surface area contributed by atoms with Crippen molar-refractivity contribution >= 4 is 23.4 Å². The van der Waals surface area contributed by atoms with E-state index < -0.39 is 29.5 Å². The fourth-order valence-corrected chi connectivity index (χ4v) is 3.85. The number of halogens is 4. The molecule has 0 saturated carbocycles. The Kier molecular flexibility index (Phi) is 4.78. The summed E-state index contributed by atoms with van der Waals surface area (Å²) in [4.78, 5) is 28.5. The van der Waals surface area contributed by atoms with E-state index in [1.807, 2.05) is 0 Å². The molecular weight excluding hydrogens is 374 g/mol. The van der Waals surface area contributed by atoms with Crippen molar-refractivity contribution in [2.24, 2.45) is 0 Å². The molecule has 1 amide bonds. The number of aromatic nitrogens is 2. The van der Waals surface area contributed by atoms with E-state index in [-0.39, 0.29) is 17.7 Å². The molecule has 0 unspecified atom stereocenters. The van der Waals surface area contributed by atoms with E-state index in [9.17, 15) is 27.2 Å². The summed E-state index contributed by atoms with van der Waals surface area (Å²) in [6, 6.07) is 3.16. The number of amides is 1. The lowest BCUT2D eigenvalue weighted by Gasteiger charge is -2.14. The fourth-order valence-electron chi connectivity index (χ4n) is 2.66. The molecule has 10 heteroatoms. The predicted molar refractivity (Wildman–Crippen MR) is 87.6 cm³/mol. The average Bonchev–Trinajstić information content (AvgIpc) is 2.90. The lowest BCUT2D eigenvalue weighted by atomic mass is 10.1. The molecule has 5 nitrogen and oxygen atoms in total. The summed E-state index contributed by atoms with van der Waals surface area (Å²) in [7, 11) is 0. The van der Waals surface area contributed by atoms with Gasteiger partial charge in [0, 0.05) is 29.6 Å². The van der Waals surface area contributed by atoms with E-state index in [0.29, 0.717) is 28.7 Å². The fraction of sp³-hybridized carbons (Fsp3) is 0.312. The highest BCUT2D eigenvalue weighted by Gasteiger charge is 2.34. The molecule has 0 aliphatic carbocycles. The maximum atomic E-state index is 13.3. The van der Waals surface area contributed by atoms with Gasteiger partial charge in [-0.1, -0.05) is 11.8 Å². The normalized spacial score (nSPS) is 16.4. The van der Waals surface area contributed by atoms with Gasteiger partial charge in [0.15, 0.2) is 5.16 Å². The van der Waals surface area contributed by atoms with Crippen molar-refractivity contribution in [3.8, 4) is 0 Å². The quantitative estimate of drug-likeness (QED) is 0.648. The van der Waals surface area contributed by atoms with E-state index >= 15 is 0 Å². The minimum absolute atomic E-state index is 0.108. The molecule has 0 bridgehead atoms. The number of carbonyl (C=O) groups excluding carboxylic acids is 1. The van der Waals surface area contributed by atoms with Crippen LogP contribution in [0.15, 0.2) is 34.2 Å². The summed E-state index contributed by atoms with van der Waals surface area (Å²) in [5.74, 6) is -1.53. The molecule has 1 aromatic heterocycles. The molecule has 1 atom stereocenters. The first-order valence-corrected chi connectivity index (χ1v) is 8.53. The zero-order valence-electron chi connectivity index (χ0n) is 13.4. The van der Waals surface area contributed by atoms with Crippen molar-refractivity contribution in [2.75, 3.05) is 11.1 Å². The number of thioether (sulfide) groups is 1. The van der Waals surface area contributed by atoms with Crippen LogP contribution in [-0.4, -0.2) is 21.2 Å². The third-order valence-corrected chi connectivity index (χ3v) is 4.89. The lowest BCUT2D eigenvalue weighted by molar-refractivity contribution is -0.140. The van der Waals surface area contributed by atoms with Gasteiger partial charge in [0.25, 0.3) is 5.56 Å². The molecule has 0 fully saturated rings. The third kappa shape index (κ3) is 3.74. The van der Waals surface area contributed by atoms with E-state index in [0.717, 1.165) is 6.07 Å². The Bertz CT molecular complexity index is 927. The average molecular weight is 387 g/mol. The van der Waals surface area contributed by atoms with Crippen molar-refractivity contribution in [3.63, 3.8) is 0 Å². The highest BCUT2D eigenvalue weighted by molar-refractivity contribution is 7.99. The van der Waals surface area contributed by atoms with E-state index in [1.54, 1.807) is 6.92 Å². The van der Waals surface area contributed by atoms with Gasteiger partial charge in [0.1, 0.15) is 5.82 Å². The second-order valence-corrected chi connectivity index (χ2v) is 6.79. The number of anilines is 1. The van der Waals surface area contributed by atoms with Crippen molar-refractivity contribution in [3.05, 3.63) is 51.7 Å². The molecule has 1 aliphatic heterocycles. The highest BCUT2D eigenvalue weighted by Crippen LogP contribution is 2.34. The van der Waals surface area contributed by atoms with E-state index in [2.05, 4.69) is 10.3 Å². The first kappa shape index (κ1) is 18.4. The molecule has 138 valence electrons. The molecule has 3 rings (SSSR count). The monoisotopic (exact) mass is 387 g/mol. The second kappa shape index (κ2) is 6.75. The van der Waals surface area contributed by atoms with Crippen LogP contribution in [0.1, 0.15) is 23.7 Å². The Morgan fingerprint density at radius 3 is 2.81 bits per heavy atom. The van der Waals surface area contributed by atoms with E-state index in [1.165, 1.54) is 22.4 Å². The first-order valence-electron chi connectivity index (χ1n) is 7.55. The van der Waals surface area contributed by atoms with Gasteiger partial charge in [-0.15, -0.1) is 0 Å². The van der Waals surface area contributed by atoms with Crippen LogP contribution in [0.3, 0.4) is 0 Å². The van der Waals surface area contributed by atoms with E-state index in [4.69, 9.17) is 0 Å². The Morgan fingerprint density at radius 1 is 1.38 bits per heavy atom. The van der Waals surface area contributed by atoms with Crippen LogP contribution < -0.4 is 10.9 Å². The largest absolute Gasteiger partial charge is 0.419 e. The predicted octanol–water partition coefficient (Wildman–Crippen LogP) is 3.39. The molecule has 26 heavy (non-hydrogen) atoms. The number of fused-ring (bicyclic) bond motifs is 1. The van der Waals surface area contributed by atoms with Crippen molar-refractivity contribution in [1.29, 1.82) is 0 Å². The van der Waals surface area contributed by atoms with Crippen molar-refractivity contribution in [1.82, 2.24) is 9.55 Å². The number of carbonyl (C=O) groups is 1. The van der Waals surface area contributed by atoms with Crippen molar-refractivity contribution in [2.45, 2.75) is 30.7 Å². The zero-order chi connectivity index (χ0) is 19.1. The third-order valence-electron chi connectivity index (χ3n) is 3.79. The Hall–Kier alpha value is -2.36. The Morgan fingerprint density at radius 2 is 2.12 bits per heavy atom. The second-order valence-electron chi connectivity index (χ2n) is 5.80. The van der Waals surface area contributed by atoms with Crippen LogP contribution in [0.2, 0.25) is 0 Å². The van der Waals surface area contributed by atoms with Crippen LogP contribution in [0.5, 0.6) is 0 Å². The number of nitrogens with one attached hydrogen (secondary N) is 1.